The van der Waals surface area contributed by atoms with E-state index in [0.717, 1.165) is 25.1 Å². The van der Waals surface area contributed by atoms with Crippen LogP contribution in [0.3, 0.4) is 0 Å². The van der Waals surface area contributed by atoms with Crippen LogP contribution in [-0.4, -0.2) is 12.6 Å². The van der Waals surface area contributed by atoms with E-state index < -0.39 is 0 Å². The summed E-state index contributed by atoms with van der Waals surface area (Å²) in [6, 6.07) is 9.72. The highest BCUT2D eigenvalue weighted by atomic mass is 14.9. The number of benzene rings is 1. The predicted molar refractivity (Wildman–Crippen MR) is 114 cm³/mol. The van der Waals surface area contributed by atoms with Crippen LogP contribution >= 0.6 is 0 Å². The van der Waals surface area contributed by atoms with Gasteiger partial charge in [0.25, 0.3) is 0 Å². The molecular formula is C24H36N2. The molecule has 0 spiro atoms. The molecule has 1 fully saturated rings. The molecule has 1 aliphatic carbocycles. The van der Waals surface area contributed by atoms with Crippen LogP contribution in [0.15, 0.2) is 60.8 Å². The number of allylic oxidation sites excluding steroid dienone is 3. The fourth-order valence-electron chi connectivity index (χ4n) is 3.84. The largest absolute Gasteiger partial charge is 0.385 e. The second-order valence-corrected chi connectivity index (χ2v) is 7.68. The first kappa shape index (κ1) is 20.5. The molecular weight excluding hydrogens is 316 g/mol. The maximum Gasteiger partial charge on any atom is 0.0299 e. The Hall–Kier alpha value is -1.80. The molecule has 0 heterocycles. The van der Waals surface area contributed by atoms with Gasteiger partial charge in [0.2, 0.25) is 0 Å². The number of rotatable bonds is 9. The Balaban J connectivity index is 1.81. The van der Waals surface area contributed by atoms with Gasteiger partial charge in [-0.2, -0.15) is 0 Å². The van der Waals surface area contributed by atoms with E-state index in [1.165, 1.54) is 42.4 Å². The quantitative estimate of drug-likeness (QED) is 0.436. The van der Waals surface area contributed by atoms with Crippen molar-refractivity contribution in [2.45, 2.75) is 70.3 Å². The molecule has 2 rings (SSSR count). The molecule has 1 aliphatic rings. The lowest BCUT2D eigenvalue weighted by atomic mass is 9.81. The minimum atomic E-state index is 0.419. The summed E-state index contributed by atoms with van der Waals surface area (Å²) in [7, 11) is 0. The molecule has 2 heteroatoms. The van der Waals surface area contributed by atoms with E-state index in [0.29, 0.717) is 17.9 Å². The number of nitrogens with two attached hydrogens (primary N) is 1. The van der Waals surface area contributed by atoms with Crippen molar-refractivity contribution in [2.24, 2.45) is 5.73 Å². The van der Waals surface area contributed by atoms with Gasteiger partial charge in [-0.15, -0.1) is 6.58 Å². The van der Waals surface area contributed by atoms with Crippen LogP contribution in [0.4, 0.5) is 0 Å². The highest BCUT2D eigenvalue weighted by Gasteiger charge is 2.20. The third-order valence-electron chi connectivity index (χ3n) is 5.76. The number of hydrogen-bond acceptors (Lipinski definition) is 2. The molecule has 1 saturated carbocycles. The van der Waals surface area contributed by atoms with Gasteiger partial charge in [-0.1, -0.05) is 49.9 Å². The Bertz CT molecular complexity index is 604. The average molecular weight is 353 g/mol. The Labute approximate surface area is 160 Å². The smallest absolute Gasteiger partial charge is 0.0299 e. The van der Waals surface area contributed by atoms with Crippen LogP contribution < -0.4 is 11.1 Å². The topological polar surface area (TPSA) is 38.0 Å². The van der Waals surface area contributed by atoms with Crippen LogP contribution in [0.2, 0.25) is 0 Å². The fraction of sp³-hybridized carbons (Fsp3) is 0.500. The third kappa shape index (κ3) is 5.88. The Morgan fingerprint density at radius 3 is 2.46 bits per heavy atom. The number of nitrogens with one attached hydrogen (secondary N) is 1. The van der Waals surface area contributed by atoms with Gasteiger partial charge in [0.05, 0.1) is 0 Å². The van der Waals surface area contributed by atoms with Crippen LogP contribution in [0.25, 0.3) is 0 Å². The van der Waals surface area contributed by atoms with Gasteiger partial charge in [-0.3, -0.25) is 0 Å². The molecule has 0 aromatic heterocycles. The lowest BCUT2D eigenvalue weighted by Gasteiger charge is -2.26. The minimum absolute atomic E-state index is 0.419. The van der Waals surface area contributed by atoms with Crippen molar-refractivity contribution in [2.75, 3.05) is 6.54 Å². The van der Waals surface area contributed by atoms with Gasteiger partial charge >= 0.3 is 0 Å². The van der Waals surface area contributed by atoms with Gasteiger partial charge in [0.1, 0.15) is 0 Å². The summed E-state index contributed by atoms with van der Waals surface area (Å²) >= 11 is 0. The van der Waals surface area contributed by atoms with E-state index in [9.17, 15) is 0 Å². The highest BCUT2D eigenvalue weighted by Crippen LogP contribution is 2.33. The van der Waals surface area contributed by atoms with E-state index in [2.05, 4.69) is 62.7 Å². The second kappa shape index (κ2) is 10.4. The lowest BCUT2D eigenvalue weighted by molar-refractivity contribution is 0.395. The molecule has 0 aliphatic heterocycles. The summed E-state index contributed by atoms with van der Waals surface area (Å²) in [5.41, 5.74) is 11.2. The minimum Gasteiger partial charge on any atom is -0.385 e. The lowest BCUT2D eigenvalue weighted by Crippen LogP contribution is -2.25. The van der Waals surface area contributed by atoms with Gasteiger partial charge in [0.15, 0.2) is 0 Å². The normalized spacial score (nSPS) is 21.9. The molecule has 0 radical (unpaired) electrons. The highest BCUT2D eigenvalue weighted by molar-refractivity contribution is 5.29. The van der Waals surface area contributed by atoms with E-state index in [1.807, 2.05) is 6.08 Å². The van der Waals surface area contributed by atoms with Crippen molar-refractivity contribution < 1.29 is 0 Å². The first-order chi connectivity index (χ1) is 12.5. The maximum atomic E-state index is 6.03. The maximum absolute atomic E-state index is 6.03. The van der Waals surface area contributed by atoms with Crippen molar-refractivity contribution in [3.05, 3.63) is 72.0 Å². The van der Waals surface area contributed by atoms with E-state index in [-0.39, 0.29) is 0 Å². The van der Waals surface area contributed by atoms with Gasteiger partial charge in [-0.25, -0.2) is 0 Å². The van der Waals surface area contributed by atoms with Crippen LogP contribution in [0.5, 0.6) is 0 Å². The summed E-state index contributed by atoms with van der Waals surface area (Å²) < 4.78 is 0. The zero-order chi connectivity index (χ0) is 18.9. The Morgan fingerprint density at radius 1 is 1.23 bits per heavy atom. The van der Waals surface area contributed by atoms with Gasteiger partial charge in [0, 0.05) is 18.3 Å². The summed E-state index contributed by atoms with van der Waals surface area (Å²) in [5.74, 6) is 1.24. The summed E-state index contributed by atoms with van der Waals surface area (Å²) in [6.07, 6.45) is 10.8. The van der Waals surface area contributed by atoms with Crippen molar-refractivity contribution in [3.63, 3.8) is 0 Å². The van der Waals surface area contributed by atoms with Gasteiger partial charge < -0.3 is 11.1 Å². The summed E-state index contributed by atoms with van der Waals surface area (Å²) in [4.78, 5) is 0. The van der Waals surface area contributed by atoms with E-state index in [1.54, 1.807) is 0 Å². The van der Waals surface area contributed by atoms with Crippen molar-refractivity contribution in [3.8, 4) is 0 Å². The molecule has 142 valence electrons. The SMILES string of the molecule is C=CC/C(=C\C)C(=C)NCCC(C)c1ccc(C2CCC(N)CC2)cc1. The standard InChI is InChI=1S/C24H36N2/c1-5-7-20(6-2)19(4)26-17-16-18(3)21-8-10-22(11-9-21)23-12-14-24(25)15-13-23/h5-6,8-11,18,23-24,26H,1,4,7,12-17,25H2,2-3H3/b20-6+. The molecule has 1 atom stereocenters. The summed E-state index contributed by atoms with van der Waals surface area (Å²) in [5, 5.41) is 3.46. The Morgan fingerprint density at radius 2 is 1.88 bits per heavy atom. The second-order valence-electron chi connectivity index (χ2n) is 7.68. The molecule has 26 heavy (non-hydrogen) atoms. The zero-order valence-electron chi connectivity index (χ0n) is 16.6. The molecule has 1 unspecified atom stereocenters. The van der Waals surface area contributed by atoms with Crippen LogP contribution in [0, 0.1) is 0 Å². The van der Waals surface area contributed by atoms with Crippen LogP contribution in [0.1, 0.15) is 75.3 Å². The molecule has 2 nitrogen and oxygen atoms in total. The monoisotopic (exact) mass is 352 g/mol. The van der Waals surface area contributed by atoms with Crippen LogP contribution in [-0.2, 0) is 0 Å². The molecule has 3 N–H and O–H groups in total. The van der Waals surface area contributed by atoms with Crippen molar-refractivity contribution in [1.29, 1.82) is 0 Å². The number of hydrogen-bond donors (Lipinski definition) is 2. The molecule has 0 saturated heterocycles. The molecule has 0 amide bonds. The van der Waals surface area contributed by atoms with Crippen molar-refractivity contribution >= 4 is 0 Å². The van der Waals surface area contributed by atoms with Gasteiger partial charge in [-0.05, 0) is 74.0 Å². The average Bonchev–Trinajstić information content (AvgIpc) is 2.66. The fourth-order valence-corrected chi connectivity index (χ4v) is 3.84. The molecule has 1 aromatic rings. The molecule has 1 aromatic carbocycles. The zero-order valence-corrected chi connectivity index (χ0v) is 16.6. The van der Waals surface area contributed by atoms with E-state index >= 15 is 0 Å². The Kier molecular flexibility index (Phi) is 8.18. The first-order valence-electron chi connectivity index (χ1n) is 10.1. The van der Waals surface area contributed by atoms with Crippen molar-refractivity contribution in [1.82, 2.24) is 5.32 Å². The predicted octanol–water partition coefficient (Wildman–Crippen LogP) is 5.79. The first-order valence-corrected chi connectivity index (χ1v) is 10.1. The molecule has 0 bridgehead atoms. The third-order valence-corrected chi connectivity index (χ3v) is 5.76. The summed E-state index contributed by atoms with van der Waals surface area (Å²) in [6.45, 7) is 13.3. The van der Waals surface area contributed by atoms with E-state index in [4.69, 9.17) is 5.73 Å².